The average Bonchev–Trinajstić information content (AvgIpc) is 2.97. The summed E-state index contributed by atoms with van der Waals surface area (Å²) >= 11 is 0. The van der Waals surface area contributed by atoms with Gasteiger partial charge in [-0.05, 0) is 37.0 Å². The predicted octanol–water partition coefficient (Wildman–Crippen LogP) is 2.25. The number of carbonyl (C=O) groups is 1. The average molecular weight is 413 g/mol. The predicted molar refractivity (Wildman–Crippen MR) is 108 cm³/mol. The number of sulfonamides is 1. The van der Waals surface area contributed by atoms with Gasteiger partial charge in [0.2, 0.25) is 10.0 Å². The zero-order chi connectivity index (χ0) is 20.7. The van der Waals surface area contributed by atoms with E-state index in [1.54, 1.807) is 6.07 Å². The normalized spacial score (nSPS) is 17.2. The van der Waals surface area contributed by atoms with Crippen LogP contribution in [0.3, 0.4) is 0 Å². The van der Waals surface area contributed by atoms with Gasteiger partial charge < -0.3 is 15.2 Å². The Bertz CT molecular complexity index is 756. The Morgan fingerprint density at radius 1 is 1.21 bits per heavy atom. The van der Waals surface area contributed by atoms with Gasteiger partial charge in [-0.1, -0.05) is 26.7 Å². The smallest absolute Gasteiger partial charge is 0.251 e. The van der Waals surface area contributed by atoms with E-state index in [-0.39, 0.29) is 40.6 Å². The Kier molecular flexibility index (Phi) is 8.27. The highest BCUT2D eigenvalue weighted by molar-refractivity contribution is 7.89. The summed E-state index contributed by atoms with van der Waals surface area (Å²) in [4.78, 5) is 12.6. The van der Waals surface area contributed by atoms with Crippen LogP contribution in [0, 0.1) is 11.8 Å². The lowest BCUT2D eigenvalue weighted by molar-refractivity contribution is 0.0931. The Hall–Kier alpha value is -1.64. The molecule has 1 aliphatic rings. The quantitative estimate of drug-likeness (QED) is 0.683. The Labute approximate surface area is 168 Å². The number of nitrogens with one attached hydrogen (secondary N) is 1. The minimum absolute atomic E-state index is 0.0187. The fourth-order valence-corrected chi connectivity index (χ4v) is 4.98. The second-order valence-corrected chi connectivity index (χ2v) is 9.49. The maximum Gasteiger partial charge on any atom is 0.251 e. The van der Waals surface area contributed by atoms with Crippen LogP contribution in [-0.2, 0) is 10.0 Å². The molecular formula is C20H32N2O5S. The first-order chi connectivity index (χ1) is 13.3. The van der Waals surface area contributed by atoms with Crippen molar-refractivity contribution in [2.75, 3.05) is 33.4 Å². The number of amides is 1. The summed E-state index contributed by atoms with van der Waals surface area (Å²) in [5, 5.41) is 12.2. The Morgan fingerprint density at radius 3 is 2.39 bits per heavy atom. The number of carbonyl (C=O) groups excluding carboxylic acids is 1. The van der Waals surface area contributed by atoms with E-state index >= 15 is 0 Å². The molecule has 8 heteroatoms. The van der Waals surface area contributed by atoms with Gasteiger partial charge in [-0.3, -0.25) is 4.79 Å². The molecule has 2 N–H and O–H groups in total. The summed E-state index contributed by atoms with van der Waals surface area (Å²) in [6.45, 7) is 5.23. The third-order valence-corrected chi connectivity index (χ3v) is 7.23. The monoisotopic (exact) mass is 412 g/mol. The molecule has 0 spiro atoms. The minimum atomic E-state index is -3.75. The standard InChI is InChI=1S/C20H32N2O5S/c1-15(2)17(14-23)13-21-20(24)16-8-9-18(27-3)19(12-16)28(25,26)22-10-6-4-5-7-11-22/h8-9,12,15,17,23H,4-7,10-11,13-14H2,1-3H3,(H,21,24). The minimum Gasteiger partial charge on any atom is -0.495 e. The van der Waals surface area contributed by atoms with Crippen molar-refractivity contribution in [1.82, 2.24) is 9.62 Å². The Morgan fingerprint density at radius 2 is 1.86 bits per heavy atom. The van der Waals surface area contributed by atoms with E-state index in [4.69, 9.17) is 4.74 Å². The first-order valence-electron chi connectivity index (χ1n) is 9.88. The van der Waals surface area contributed by atoms with Crippen LogP contribution in [-0.4, -0.2) is 57.1 Å². The van der Waals surface area contributed by atoms with Gasteiger partial charge in [0, 0.05) is 37.7 Å². The largest absolute Gasteiger partial charge is 0.495 e. The Balaban J connectivity index is 2.26. The SMILES string of the molecule is COc1ccc(C(=O)NCC(CO)C(C)C)cc1S(=O)(=O)N1CCCCCC1. The second-order valence-electron chi connectivity index (χ2n) is 7.58. The highest BCUT2D eigenvalue weighted by Gasteiger charge is 2.29. The molecule has 158 valence electrons. The maximum atomic E-state index is 13.2. The molecule has 1 aromatic carbocycles. The van der Waals surface area contributed by atoms with Crippen LogP contribution in [0.25, 0.3) is 0 Å². The van der Waals surface area contributed by atoms with E-state index < -0.39 is 10.0 Å². The van der Waals surface area contributed by atoms with Gasteiger partial charge in [-0.15, -0.1) is 0 Å². The van der Waals surface area contributed by atoms with Crippen molar-refractivity contribution in [3.63, 3.8) is 0 Å². The van der Waals surface area contributed by atoms with Gasteiger partial charge in [-0.2, -0.15) is 4.31 Å². The summed E-state index contributed by atoms with van der Waals surface area (Å²) in [5.41, 5.74) is 0.259. The molecule has 1 saturated heterocycles. The number of rotatable bonds is 8. The summed E-state index contributed by atoms with van der Waals surface area (Å²) in [7, 11) is -2.32. The van der Waals surface area contributed by atoms with Crippen LogP contribution in [0.1, 0.15) is 49.9 Å². The van der Waals surface area contributed by atoms with Crippen molar-refractivity contribution < 1.29 is 23.1 Å². The maximum absolute atomic E-state index is 13.2. The van der Waals surface area contributed by atoms with E-state index in [9.17, 15) is 18.3 Å². The molecule has 1 aromatic rings. The van der Waals surface area contributed by atoms with Gasteiger partial charge in [0.05, 0.1) is 7.11 Å². The number of aliphatic hydroxyl groups is 1. The zero-order valence-corrected chi connectivity index (χ0v) is 17.8. The van der Waals surface area contributed by atoms with Gasteiger partial charge in [-0.25, -0.2) is 8.42 Å². The lowest BCUT2D eigenvalue weighted by Crippen LogP contribution is -2.34. The number of methoxy groups -OCH3 is 1. The molecule has 1 fully saturated rings. The number of aliphatic hydroxyl groups excluding tert-OH is 1. The number of nitrogens with zero attached hydrogens (tertiary/aromatic N) is 1. The molecule has 1 heterocycles. The van der Waals surface area contributed by atoms with Crippen molar-refractivity contribution in [1.29, 1.82) is 0 Å². The van der Waals surface area contributed by atoms with E-state index in [0.29, 0.717) is 19.6 Å². The summed E-state index contributed by atoms with van der Waals surface area (Å²) in [6, 6.07) is 4.46. The topological polar surface area (TPSA) is 95.9 Å². The molecule has 1 unspecified atom stereocenters. The third kappa shape index (κ3) is 5.46. The molecule has 0 radical (unpaired) electrons. The van der Waals surface area contributed by atoms with Crippen molar-refractivity contribution in [2.45, 2.75) is 44.4 Å². The van der Waals surface area contributed by atoms with Crippen LogP contribution in [0.4, 0.5) is 0 Å². The van der Waals surface area contributed by atoms with Gasteiger partial charge in [0.1, 0.15) is 10.6 Å². The van der Waals surface area contributed by atoms with Gasteiger partial charge >= 0.3 is 0 Å². The molecule has 1 aliphatic heterocycles. The lowest BCUT2D eigenvalue weighted by Gasteiger charge is -2.22. The fourth-order valence-electron chi connectivity index (χ4n) is 3.28. The van der Waals surface area contributed by atoms with E-state index in [1.807, 2.05) is 13.8 Å². The summed E-state index contributed by atoms with van der Waals surface area (Å²) in [6.07, 6.45) is 3.71. The van der Waals surface area contributed by atoms with Gasteiger partial charge in [0.15, 0.2) is 0 Å². The highest BCUT2D eigenvalue weighted by Crippen LogP contribution is 2.29. The number of hydrogen-bond acceptors (Lipinski definition) is 5. The van der Waals surface area contributed by atoms with Crippen LogP contribution < -0.4 is 10.1 Å². The van der Waals surface area contributed by atoms with Crippen molar-refractivity contribution in [2.24, 2.45) is 11.8 Å². The second kappa shape index (κ2) is 10.2. The van der Waals surface area contributed by atoms with E-state index in [0.717, 1.165) is 25.7 Å². The zero-order valence-electron chi connectivity index (χ0n) is 17.0. The molecular weight excluding hydrogens is 380 g/mol. The third-order valence-electron chi connectivity index (χ3n) is 5.31. The number of benzene rings is 1. The van der Waals surface area contributed by atoms with Crippen LogP contribution in [0.15, 0.2) is 23.1 Å². The van der Waals surface area contributed by atoms with Crippen LogP contribution in [0.2, 0.25) is 0 Å². The highest BCUT2D eigenvalue weighted by atomic mass is 32.2. The van der Waals surface area contributed by atoms with Crippen molar-refractivity contribution in [3.05, 3.63) is 23.8 Å². The molecule has 0 bridgehead atoms. The fraction of sp³-hybridized carbons (Fsp3) is 0.650. The number of ether oxygens (including phenoxy) is 1. The lowest BCUT2D eigenvalue weighted by atomic mass is 9.97. The molecule has 0 saturated carbocycles. The summed E-state index contributed by atoms with van der Waals surface area (Å²) in [5.74, 6) is 0.0351. The molecule has 0 aliphatic carbocycles. The first-order valence-corrected chi connectivity index (χ1v) is 11.3. The molecule has 2 rings (SSSR count). The van der Waals surface area contributed by atoms with E-state index in [1.165, 1.54) is 23.5 Å². The van der Waals surface area contributed by atoms with Crippen LogP contribution in [0.5, 0.6) is 5.75 Å². The number of hydrogen-bond donors (Lipinski definition) is 2. The molecule has 28 heavy (non-hydrogen) atoms. The molecule has 1 atom stereocenters. The molecule has 7 nitrogen and oxygen atoms in total. The van der Waals surface area contributed by atoms with Gasteiger partial charge in [0.25, 0.3) is 5.91 Å². The summed E-state index contributed by atoms with van der Waals surface area (Å²) < 4.78 is 33.1. The van der Waals surface area contributed by atoms with E-state index in [2.05, 4.69) is 5.32 Å². The molecule has 1 amide bonds. The first kappa shape index (κ1) is 22.6. The van der Waals surface area contributed by atoms with Crippen LogP contribution >= 0.6 is 0 Å². The van der Waals surface area contributed by atoms with Crippen molar-refractivity contribution in [3.8, 4) is 5.75 Å². The molecule has 0 aromatic heterocycles. The van der Waals surface area contributed by atoms with Crippen molar-refractivity contribution >= 4 is 15.9 Å².